The summed E-state index contributed by atoms with van der Waals surface area (Å²) in [6, 6.07) is 37.1. The highest BCUT2D eigenvalue weighted by molar-refractivity contribution is 5.96. The van der Waals surface area contributed by atoms with E-state index in [9.17, 15) is 9.59 Å². The van der Waals surface area contributed by atoms with Crippen LogP contribution in [0, 0.1) is 0 Å². The number of hydrogen-bond donors (Lipinski definition) is 0. The summed E-state index contributed by atoms with van der Waals surface area (Å²) < 4.78 is 9.90. The molecule has 186 valence electrons. The molecule has 0 aliphatic carbocycles. The Bertz CT molecular complexity index is 1360. The van der Waals surface area contributed by atoms with Crippen LogP contribution in [0.4, 0.5) is 0 Å². The van der Waals surface area contributed by atoms with Gasteiger partial charge in [0.1, 0.15) is 6.61 Å². The van der Waals surface area contributed by atoms with Crippen molar-refractivity contribution >= 4 is 17.5 Å². The Morgan fingerprint density at radius 1 is 0.568 bits per heavy atom. The summed E-state index contributed by atoms with van der Waals surface area (Å²) in [5, 5.41) is 0. The predicted octanol–water partition coefficient (Wildman–Crippen LogP) is 7.31. The summed E-state index contributed by atoms with van der Waals surface area (Å²) in [6.45, 7) is 0.896. The Hall–Kier alpha value is -4.44. The van der Waals surface area contributed by atoms with Gasteiger partial charge in [0.15, 0.2) is 0 Å². The maximum absolute atomic E-state index is 11.1. The van der Waals surface area contributed by atoms with E-state index in [0.29, 0.717) is 19.6 Å². The van der Waals surface area contributed by atoms with Gasteiger partial charge in [-0.15, -0.1) is 0 Å². The minimum atomic E-state index is -0.253. The fraction of sp³-hybridized carbons (Fsp3) is 0.152. The van der Waals surface area contributed by atoms with Gasteiger partial charge in [-0.3, -0.25) is 4.79 Å². The number of carbonyl (C=O) groups excluding carboxylic acids is 2. The standard InChI is InChI=1S/C16H14O2.C16H12O2.CH4/c2*17-16-10-15(11-18-16)14-8-6-13(7-9-14)12-4-2-1-3-5-12;/h1-9,15H,10-11H2;1-10H,11H2;1H4. The first-order valence-electron chi connectivity index (χ1n) is 12.0. The number of carbonyl (C=O) groups is 2. The summed E-state index contributed by atoms with van der Waals surface area (Å²) in [7, 11) is 0. The van der Waals surface area contributed by atoms with E-state index in [0.717, 1.165) is 11.1 Å². The van der Waals surface area contributed by atoms with Crippen LogP contribution < -0.4 is 0 Å². The molecule has 0 radical (unpaired) electrons. The van der Waals surface area contributed by atoms with Crippen molar-refractivity contribution in [2.75, 3.05) is 13.2 Å². The molecule has 1 unspecified atom stereocenters. The smallest absolute Gasteiger partial charge is 0.331 e. The molecule has 0 N–H and O–H groups in total. The van der Waals surface area contributed by atoms with Crippen LogP contribution in [0.1, 0.15) is 30.9 Å². The van der Waals surface area contributed by atoms with E-state index >= 15 is 0 Å². The van der Waals surface area contributed by atoms with Crippen molar-refractivity contribution < 1.29 is 19.1 Å². The van der Waals surface area contributed by atoms with Gasteiger partial charge in [0.2, 0.25) is 0 Å². The first kappa shape index (κ1) is 25.6. The van der Waals surface area contributed by atoms with E-state index in [1.54, 1.807) is 6.08 Å². The SMILES string of the molecule is C.O=C1C=C(c2ccc(-c3ccccc3)cc2)CO1.O=C1CC(c2ccc(-c3ccccc3)cc2)CO1. The Morgan fingerprint density at radius 3 is 1.51 bits per heavy atom. The van der Waals surface area contributed by atoms with Crippen molar-refractivity contribution in [3.05, 3.63) is 126 Å². The van der Waals surface area contributed by atoms with E-state index in [2.05, 4.69) is 60.7 Å². The van der Waals surface area contributed by atoms with Gasteiger partial charge in [-0.2, -0.15) is 0 Å². The van der Waals surface area contributed by atoms with Crippen molar-refractivity contribution in [2.45, 2.75) is 19.8 Å². The van der Waals surface area contributed by atoms with Crippen molar-refractivity contribution in [1.82, 2.24) is 0 Å². The average molecular weight is 491 g/mol. The second-order valence-electron chi connectivity index (χ2n) is 8.79. The van der Waals surface area contributed by atoms with Crippen LogP contribution in [0.15, 0.2) is 115 Å². The fourth-order valence-electron chi connectivity index (χ4n) is 4.35. The third-order valence-electron chi connectivity index (χ3n) is 6.37. The molecular formula is C33H30O4. The van der Waals surface area contributed by atoms with Crippen molar-refractivity contribution in [1.29, 1.82) is 0 Å². The van der Waals surface area contributed by atoms with Gasteiger partial charge in [0.05, 0.1) is 13.0 Å². The Balaban J connectivity index is 0.000000168. The summed E-state index contributed by atoms with van der Waals surface area (Å²) >= 11 is 0. The summed E-state index contributed by atoms with van der Waals surface area (Å²) in [6.07, 6.45) is 2.06. The molecule has 6 rings (SSSR count). The van der Waals surface area contributed by atoms with Gasteiger partial charge in [-0.1, -0.05) is 117 Å². The van der Waals surface area contributed by atoms with Crippen LogP contribution in [-0.2, 0) is 19.1 Å². The fourth-order valence-corrected chi connectivity index (χ4v) is 4.35. The lowest BCUT2D eigenvalue weighted by atomic mass is 9.96. The molecule has 0 spiro atoms. The van der Waals surface area contributed by atoms with Crippen LogP contribution in [0.3, 0.4) is 0 Å². The van der Waals surface area contributed by atoms with E-state index in [1.807, 2.05) is 48.5 Å². The van der Waals surface area contributed by atoms with Crippen LogP contribution in [-0.4, -0.2) is 25.2 Å². The lowest BCUT2D eigenvalue weighted by molar-refractivity contribution is -0.138. The topological polar surface area (TPSA) is 52.6 Å². The predicted molar refractivity (Wildman–Crippen MR) is 148 cm³/mol. The van der Waals surface area contributed by atoms with Crippen LogP contribution in [0.5, 0.6) is 0 Å². The number of esters is 2. The van der Waals surface area contributed by atoms with E-state index in [1.165, 1.54) is 27.8 Å². The molecule has 1 saturated heterocycles. The quantitative estimate of drug-likeness (QED) is 0.281. The molecule has 2 heterocycles. The molecule has 4 aromatic rings. The van der Waals surface area contributed by atoms with Crippen molar-refractivity contribution in [2.24, 2.45) is 0 Å². The number of benzene rings is 4. The van der Waals surface area contributed by atoms with Crippen LogP contribution in [0.2, 0.25) is 0 Å². The third-order valence-corrected chi connectivity index (χ3v) is 6.37. The zero-order valence-corrected chi connectivity index (χ0v) is 19.8. The number of hydrogen-bond acceptors (Lipinski definition) is 4. The molecule has 0 aromatic heterocycles. The Labute approximate surface area is 218 Å². The molecule has 1 fully saturated rings. The molecule has 2 aliphatic heterocycles. The minimum Gasteiger partial charge on any atom is -0.465 e. The zero-order valence-electron chi connectivity index (χ0n) is 19.8. The second kappa shape index (κ2) is 12.0. The molecule has 0 bridgehead atoms. The van der Waals surface area contributed by atoms with E-state index < -0.39 is 0 Å². The summed E-state index contributed by atoms with van der Waals surface area (Å²) in [5.74, 6) is -0.119. The lowest BCUT2D eigenvalue weighted by Crippen LogP contribution is -1.96. The average Bonchev–Trinajstić information content (AvgIpc) is 3.58. The van der Waals surface area contributed by atoms with Crippen molar-refractivity contribution in [3.63, 3.8) is 0 Å². The molecule has 37 heavy (non-hydrogen) atoms. The maximum atomic E-state index is 11.1. The van der Waals surface area contributed by atoms with Gasteiger partial charge in [0, 0.05) is 17.6 Å². The summed E-state index contributed by atoms with van der Waals surface area (Å²) in [5.41, 5.74) is 7.94. The lowest BCUT2D eigenvalue weighted by Gasteiger charge is -2.08. The van der Waals surface area contributed by atoms with Gasteiger partial charge in [-0.05, 0) is 33.4 Å². The zero-order chi connectivity index (χ0) is 24.7. The molecule has 4 heteroatoms. The highest BCUT2D eigenvalue weighted by atomic mass is 16.5. The van der Waals surface area contributed by atoms with E-state index in [-0.39, 0.29) is 25.3 Å². The number of rotatable bonds is 4. The molecule has 4 nitrogen and oxygen atoms in total. The highest BCUT2D eigenvalue weighted by Crippen LogP contribution is 2.28. The minimum absolute atomic E-state index is 0. The van der Waals surface area contributed by atoms with Crippen molar-refractivity contribution in [3.8, 4) is 22.3 Å². The normalized spacial score (nSPS) is 16.0. The molecule has 0 amide bonds. The molecule has 2 aliphatic rings. The Morgan fingerprint density at radius 2 is 1.05 bits per heavy atom. The largest absolute Gasteiger partial charge is 0.465 e. The molecule has 0 saturated carbocycles. The first-order chi connectivity index (χ1) is 17.7. The first-order valence-corrected chi connectivity index (χ1v) is 12.0. The number of cyclic esters (lactones) is 2. The molecular weight excluding hydrogens is 460 g/mol. The van der Waals surface area contributed by atoms with Gasteiger partial charge in [-0.25, -0.2) is 4.79 Å². The molecule has 4 aromatic carbocycles. The second-order valence-corrected chi connectivity index (χ2v) is 8.79. The summed E-state index contributed by atoms with van der Waals surface area (Å²) in [4.78, 5) is 22.1. The van der Waals surface area contributed by atoms with Gasteiger partial charge < -0.3 is 9.47 Å². The number of ether oxygens (including phenoxy) is 2. The third kappa shape index (κ3) is 6.42. The monoisotopic (exact) mass is 490 g/mol. The molecule has 1 atom stereocenters. The highest BCUT2D eigenvalue weighted by Gasteiger charge is 2.24. The van der Waals surface area contributed by atoms with Crippen LogP contribution >= 0.6 is 0 Å². The van der Waals surface area contributed by atoms with Gasteiger partial charge in [0.25, 0.3) is 0 Å². The van der Waals surface area contributed by atoms with E-state index in [4.69, 9.17) is 9.47 Å². The maximum Gasteiger partial charge on any atom is 0.331 e. The van der Waals surface area contributed by atoms with Crippen LogP contribution in [0.25, 0.3) is 27.8 Å². The Kier molecular flexibility index (Phi) is 8.32. The van der Waals surface area contributed by atoms with Gasteiger partial charge >= 0.3 is 11.9 Å².